The molecule has 20 heavy (non-hydrogen) atoms. The lowest BCUT2D eigenvalue weighted by atomic mass is 9.94. The number of hydrogen-bond donors (Lipinski definition) is 2. The van der Waals surface area contributed by atoms with Crippen molar-refractivity contribution >= 4 is 18.3 Å². The first-order valence-electron chi connectivity index (χ1n) is 6.41. The van der Waals surface area contributed by atoms with Gasteiger partial charge in [-0.25, -0.2) is 0 Å². The van der Waals surface area contributed by atoms with Gasteiger partial charge in [-0.3, -0.25) is 4.79 Å². The van der Waals surface area contributed by atoms with Crippen LogP contribution < -0.4 is 11.1 Å². The standard InChI is InChI=1S/C12H22N4O3.ClH/c1-4-12(13,5-2)8-14-10(17)6-18-7-11-15-9(3)16-19-11;/h4-8,13H2,1-3H3,(H,14,17);1H. The third-order valence-electron chi connectivity index (χ3n) is 3.07. The molecule has 1 aromatic rings. The molecule has 0 aliphatic heterocycles. The highest BCUT2D eigenvalue weighted by Crippen LogP contribution is 2.09. The Kier molecular flexibility index (Phi) is 8.36. The Morgan fingerprint density at radius 2 is 2.10 bits per heavy atom. The molecule has 0 unspecified atom stereocenters. The van der Waals surface area contributed by atoms with E-state index in [9.17, 15) is 4.79 Å². The van der Waals surface area contributed by atoms with Gasteiger partial charge in [0.1, 0.15) is 13.2 Å². The molecule has 0 saturated heterocycles. The van der Waals surface area contributed by atoms with E-state index < -0.39 is 0 Å². The van der Waals surface area contributed by atoms with Crippen LogP contribution in [0.3, 0.4) is 0 Å². The molecule has 0 fully saturated rings. The summed E-state index contributed by atoms with van der Waals surface area (Å²) >= 11 is 0. The van der Waals surface area contributed by atoms with Crippen LogP contribution in [-0.4, -0.2) is 34.7 Å². The number of aromatic nitrogens is 2. The minimum absolute atomic E-state index is 0. The number of carbonyl (C=O) groups excluding carboxylic acids is 1. The summed E-state index contributed by atoms with van der Waals surface area (Å²) in [6.45, 7) is 6.25. The number of amides is 1. The molecule has 0 aliphatic rings. The van der Waals surface area contributed by atoms with Crippen molar-refractivity contribution in [2.24, 2.45) is 5.73 Å². The lowest BCUT2D eigenvalue weighted by Gasteiger charge is -2.26. The summed E-state index contributed by atoms with van der Waals surface area (Å²) in [5.74, 6) is 0.704. The van der Waals surface area contributed by atoms with Crippen LogP contribution in [0.5, 0.6) is 0 Å². The van der Waals surface area contributed by atoms with Gasteiger partial charge in [0, 0.05) is 12.1 Å². The predicted molar refractivity (Wildman–Crippen MR) is 76.4 cm³/mol. The van der Waals surface area contributed by atoms with E-state index in [1.807, 2.05) is 13.8 Å². The summed E-state index contributed by atoms with van der Waals surface area (Å²) in [6.07, 6.45) is 1.62. The van der Waals surface area contributed by atoms with E-state index in [1.54, 1.807) is 6.92 Å². The largest absolute Gasteiger partial charge is 0.362 e. The van der Waals surface area contributed by atoms with Crippen molar-refractivity contribution in [1.29, 1.82) is 0 Å². The van der Waals surface area contributed by atoms with Gasteiger partial charge in [-0.05, 0) is 19.8 Å². The SMILES string of the molecule is CCC(N)(CC)CNC(=O)COCc1nc(C)no1.Cl. The van der Waals surface area contributed by atoms with Gasteiger partial charge in [-0.2, -0.15) is 4.98 Å². The Morgan fingerprint density at radius 3 is 2.60 bits per heavy atom. The third-order valence-corrected chi connectivity index (χ3v) is 3.07. The first-order chi connectivity index (χ1) is 8.99. The number of rotatable bonds is 8. The van der Waals surface area contributed by atoms with Crippen LogP contribution in [0.25, 0.3) is 0 Å². The molecule has 1 rings (SSSR count). The highest BCUT2D eigenvalue weighted by Gasteiger charge is 2.20. The normalized spacial score (nSPS) is 11.0. The van der Waals surface area contributed by atoms with E-state index in [0.29, 0.717) is 18.3 Å². The van der Waals surface area contributed by atoms with E-state index in [4.69, 9.17) is 15.0 Å². The summed E-state index contributed by atoms with van der Waals surface area (Å²) in [7, 11) is 0. The molecule has 3 N–H and O–H groups in total. The number of nitrogens with two attached hydrogens (primary N) is 1. The lowest BCUT2D eigenvalue weighted by molar-refractivity contribution is -0.126. The van der Waals surface area contributed by atoms with E-state index in [0.717, 1.165) is 12.8 Å². The van der Waals surface area contributed by atoms with Crippen LogP contribution in [0.1, 0.15) is 38.4 Å². The average Bonchev–Trinajstić information content (AvgIpc) is 2.82. The summed E-state index contributed by atoms with van der Waals surface area (Å²) in [5.41, 5.74) is 5.73. The summed E-state index contributed by atoms with van der Waals surface area (Å²) in [6, 6.07) is 0. The minimum Gasteiger partial charge on any atom is -0.362 e. The van der Waals surface area contributed by atoms with E-state index in [-0.39, 0.29) is 37.1 Å². The molecular weight excluding hydrogens is 284 g/mol. The van der Waals surface area contributed by atoms with E-state index in [1.165, 1.54) is 0 Å². The van der Waals surface area contributed by atoms with Gasteiger partial charge in [-0.1, -0.05) is 19.0 Å². The van der Waals surface area contributed by atoms with Crippen molar-refractivity contribution in [3.8, 4) is 0 Å². The Balaban J connectivity index is 0.00000361. The maximum Gasteiger partial charge on any atom is 0.252 e. The van der Waals surface area contributed by atoms with Gasteiger partial charge in [0.25, 0.3) is 5.89 Å². The highest BCUT2D eigenvalue weighted by atomic mass is 35.5. The number of ether oxygens (including phenoxy) is 1. The van der Waals surface area contributed by atoms with Gasteiger partial charge >= 0.3 is 0 Å². The summed E-state index contributed by atoms with van der Waals surface area (Å²) in [5, 5.41) is 6.38. The molecule has 0 atom stereocenters. The molecule has 0 aromatic carbocycles. The average molecular weight is 307 g/mol. The van der Waals surface area contributed by atoms with Crippen molar-refractivity contribution in [2.75, 3.05) is 13.2 Å². The van der Waals surface area contributed by atoms with E-state index >= 15 is 0 Å². The fraction of sp³-hybridized carbons (Fsp3) is 0.750. The first-order valence-corrected chi connectivity index (χ1v) is 6.41. The molecular formula is C12H23ClN4O3. The number of nitrogens with zero attached hydrogens (tertiary/aromatic N) is 2. The van der Waals surface area contributed by atoms with Crippen LogP contribution in [0.15, 0.2) is 4.52 Å². The topological polar surface area (TPSA) is 103 Å². The van der Waals surface area contributed by atoms with Crippen LogP contribution in [0, 0.1) is 6.92 Å². The molecule has 1 amide bonds. The smallest absolute Gasteiger partial charge is 0.252 e. The lowest BCUT2D eigenvalue weighted by Crippen LogP contribution is -2.49. The fourth-order valence-electron chi connectivity index (χ4n) is 1.46. The Hall–Kier alpha value is -1.18. The Labute approximate surface area is 125 Å². The zero-order chi connectivity index (χ0) is 14.3. The molecule has 1 heterocycles. The molecule has 0 radical (unpaired) electrons. The maximum atomic E-state index is 11.6. The number of carbonyl (C=O) groups is 1. The molecule has 0 saturated carbocycles. The predicted octanol–water partition coefficient (Wildman–Crippen LogP) is 0.950. The molecule has 0 spiro atoms. The van der Waals surface area contributed by atoms with Gasteiger partial charge in [-0.15, -0.1) is 12.4 Å². The van der Waals surface area contributed by atoms with Crippen molar-refractivity contribution < 1.29 is 14.1 Å². The highest BCUT2D eigenvalue weighted by molar-refractivity contribution is 5.85. The second-order valence-corrected chi connectivity index (χ2v) is 4.57. The number of nitrogens with one attached hydrogen (secondary N) is 1. The van der Waals surface area contributed by atoms with Crippen LogP contribution in [0.2, 0.25) is 0 Å². The second kappa shape index (κ2) is 8.89. The number of hydrogen-bond acceptors (Lipinski definition) is 6. The third kappa shape index (κ3) is 6.31. The summed E-state index contributed by atoms with van der Waals surface area (Å²) in [4.78, 5) is 15.5. The molecule has 7 nitrogen and oxygen atoms in total. The molecule has 8 heteroatoms. The quantitative estimate of drug-likeness (QED) is 0.741. The van der Waals surface area contributed by atoms with Gasteiger partial charge < -0.3 is 20.3 Å². The Bertz CT molecular complexity index is 407. The van der Waals surface area contributed by atoms with Crippen molar-refractivity contribution in [1.82, 2.24) is 15.5 Å². The number of aryl methyl sites for hydroxylation is 1. The zero-order valence-electron chi connectivity index (χ0n) is 12.1. The monoisotopic (exact) mass is 306 g/mol. The molecule has 116 valence electrons. The van der Waals surface area contributed by atoms with Gasteiger partial charge in [0.15, 0.2) is 5.82 Å². The van der Waals surface area contributed by atoms with Gasteiger partial charge in [0.2, 0.25) is 5.91 Å². The zero-order valence-corrected chi connectivity index (χ0v) is 13.0. The van der Waals surface area contributed by atoms with Gasteiger partial charge in [0.05, 0.1) is 0 Å². The number of halogens is 1. The second-order valence-electron chi connectivity index (χ2n) is 4.57. The summed E-state index contributed by atoms with van der Waals surface area (Å²) < 4.78 is 10.0. The molecule has 0 bridgehead atoms. The first kappa shape index (κ1) is 18.8. The fourth-order valence-corrected chi connectivity index (χ4v) is 1.46. The molecule has 0 aliphatic carbocycles. The van der Waals surface area contributed by atoms with Crippen LogP contribution in [0.4, 0.5) is 0 Å². The van der Waals surface area contributed by atoms with Crippen molar-refractivity contribution in [2.45, 2.75) is 45.8 Å². The van der Waals surface area contributed by atoms with Crippen molar-refractivity contribution in [3.05, 3.63) is 11.7 Å². The Morgan fingerprint density at radius 1 is 1.45 bits per heavy atom. The van der Waals surface area contributed by atoms with E-state index in [2.05, 4.69) is 15.5 Å². The van der Waals surface area contributed by atoms with Crippen LogP contribution in [-0.2, 0) is 16.1 Å². The minimum atomic E-state index is -0.348. The molecule has 1 aromatic heterocycles. The van der Waals surface area contributed by atoms with Crippen LogP contribution >= 0.6 is 12.4 Å². The maximum absolute atomic E-state index is 11.6. The van der Waals surface area contributed by atoms with Crippen molar-refractivity contribution in [3.63, 3.8) is 0 Å².